The summed E-state index contributed by atoms with van der Waals surface area (Å²) in [6.07, 6.45) is 0.490. The first-order chi connectivity index (χ1) is 8.97. The molecule has 2 unspecified atom stereocenters. The Balaban J connectivity index is 2.07. The lowest BCUT2D eigenvalue weighted by Crippen LogP contribution is -2.35. The van der Waals surface area contributed by atoms with Crippen molar-refractivity contribution in [3.63, 3.8) is 0 Å². The largest absolute Gasteiger partial charge is 0.389 e. The van der Waals surface area contributed by atoms with E-state index < -0.39 is 6.10 Å². The predicted octanol–water partition coefficient (Wildman–Crippen LogP) is 2.22. The maximum absolute atomic E-state index is 11.1. The maximum atomic E-state index is 11.1. The van der Waals surface area contributed by atoms with Crippen molar-refractivity contribution in [3.05, 3.63) is 28.2 Å². The fourth-order valence-electron chi connectivity index (χ4n) is 2.45. The van der Waals surface area contributed by atoms with Gasteiger partial charge in [0, 0.05) is 36.2 Å². The Morgan fingerprint density at radius 3 is 2.89 bits per heavy atom. The van der Waals surface area contributed by atoms with Gasteiger partial charge >= 0.3 is 0 Å². The number of anilines is 1. The van der Waals surface area contributed by atoms with Crippen LogP contribution in [-0.2, 0) is 4.79 Å². The van der Waals surface area contributed by atoms with Gasteiger partial charge in [-0.1, -0.05) is 22.0 Å². The number of carbonyl (C=O) groups excluding carboxylic acids is 1. The average Bonchev–Trinajstić information content (AvgIpc) is 2.75. The smallest absolute Gasteiger partial charge is 0.217 e. The number of amides is 1. The molecule has 4 nitrogen and oxygen atoms in total. The zero-order chi connectivity index (χ0) is 14.0. The molecule has 19 heavy (non-hydrogen) atoms. The molecule has 5 heteroatoms. The summed E-state index contributed by atoms with van der Waals surface area (Å²) in [6.45, 7) is 5.07. The number of carbonyl (C=O) groups is 1. The summed E-state index contributed by atoms with van der Waals surface area (Å²) in [5.41, 5.74) is 2.01. The Morgan fingerprint density at radius 2 is 2.32 bits per heavy atom. The number of rotatable bonds is 3. The summed E-state index contributed by atoms with van der Waals surface area (Å²) in [6, 6.07) is 6.21. The number of nitrogens with zero attached hydrogens (tertiary/aromatic N) is 1. The summed E-state index contributed by atoms with van der Waals surface area (Å²) in [7, 11) is 0. The number of halogens is 1. The molecule has 1 aliphatic rings. The topological polar surface area (TPSA) is 52.6 Å². The normalized spacial score (nSPS) is 20.4. The molecule has 1 saturated heterocycles. The van der Waals surface area contributed by atoms with Crippen LogP contribution in [0.4, 0.5) is 5.69 Å². The average molecular weight is 327 g/mol. The third-order valence-electron chi connectivity index (χ3n) is 3.39. The Labute approximate surface area is 121 Å². The molecule has 1 heterocycles. The molecule has 2 rings (SSSR count). The van der Waals surface area contributed by atoms with Crippen LogP contribution in [0.15, 0.2) is 22.7 Å². The number of aliphatic hydroxyl groups is 1. The third-order valence-corrected chi connectivity index (χ3v) is 4.08. The predicted molar refractivity (Wildman–Crippen MR) is 79.2 cm³/mol. The van der Waals surface area contributed by atoms with Crippen LogP contribution in [-0.4, -0.2) is 30.1 Å². The van der Waals surface area contributed by atoms with E-state index in [1.165, 1.54) is 0 Å². The van der Waals surface area contributed by atoms with E-state index in [9.17, 15) is 9.90 Å². The molecule has 2 atom stereocenters. The van der Waals surface area contributed by atoms with Gasteiger partial charge in [0.1, 0.15) is 0 Å². The van der Waals surface area contributed by atoms with Gasteiger partial charge in [-0.3, -0.25) is 4.79 Å². The fraction of sp³-hybridized carbons (Fsp3) is 0.500. The van der Waals surface area contributed by atoms with Crippen LogP contribution in [0, 0.1) is 0 Å². The molecule has 0 aliphatic carbocycles. The van der Waals surface area contributed by atoms with E-state index in [0.717, 1.165) is 35.2 Å². The minimum Gasteiger partial charge on any atom is -0.389 e. The van der Waals surface area contributed by atoms with Gasteiger partial charge < -0.3 is 15.3 Å². The Hall–Kier alpha value is -1.07. The molecule has 1 fully saturated rings. The second kappa shape index (κ2) is 5.92. The lowest BCUT2D eigenvalue weighted by atomic mass is 10.1. The highest BCUT2D eigenvalue weighted by molar-refractivity contribution is 9.10. The molecule has 0 aromatic heterocycles. The van der Waals surface area contributed by atoms with Crippen LogP contribution in [0.5, 0.6) is 0 Å². The highest BCUT2D eigenvalue weighted by Crippen LogP contribution is 2.29. The van der Waals surface area contributed by atoms with E-state index in [0.29, 0.717) is 0 Å². The summed E-state index contributed by atoms with van der Waals surface area (Å²) in [5, 5.41) is 12.6. The van der Waals surface area contributed by atoms with Gasteiger partial charge in [0.25, 0.3) is 0 Å². The Bertz CT molecular complexity index is 477. The first-order valence-electron chi connectivity index (χ1n) is 6.47. The molecule has 0 saturated carbocycles. The van der Waals surface area contributed by atoms with Gasteiger partial charge in [-0.05, 0) is 31.0 Å². The minimum atomic E-state index is -0.478. The Kier molecular flexibility index (Phi) is 4.47. The lowest BCUT2D eigenvalue weighted by molar-refractivity contribution is -0.119. The number of hydrogen-bond donors (Lipinski definition) is 2. The number of aliphatic hydroxyl groups excluding tert-OH is 1. The first-order valence-corrected chi connectivity index (χ1v) is 7.26. The molecular weight excluding hydrogens is 308 g/mol. The molecule has 0 radical (unpaired) electrons. The van der Waals surface area contributed by atoms with Crippen molar-refractivity contribution in [2.75, 3.05) is 18.0 Å². The number of hydrogen-bond acceptors (Lipinski definition) is 3. The van der Waals surface area contributed by atoms with Gasteiger partial charge in [-0.15, -0.1) is 0 Å². The zero-order valence-corrected chi connectivity index (χ0v) is 12.8. The van der Waals surface area contributed by atoms with Crippen molar-refractivity contribution in [3.8, 4) is 0 Å². The van der Waals surface area contributed by atoms with E-state index in [4.69, 9.17) is 0 Å². The first kappa shape index (κ1) is 14.3. The molecule has 104 valence electrons. The molecular formula is C14H19BrN2O2. The van der Waals surface area contributed by atoms with E-state index in [1.807, 2.05) is 18.2 Å². The van der Waals surface area contributed by atoms with E-state index >= 15 is 0 Å². The van der Waals surface area contributed by atoms with Crippen molar-refractivity contribution in [2.24, 2.45) is 0 Å². The van der Waals surface area contributed by atoms with Gasteiger partial charge in [0.15, 0.2) is 0 Å². The minimum absolute atomic E-state index is 0.0254. The molecule has 1 aliphatic heterocycles. The molecule has 1 amide bonds. The maximum Gasteiger partial charge on any atom is 0.217 e. The summed E-state index contributed by atoms with van der Waals surface area (Å²) >= 11 is 3.49. The zero-order valence-electron chi connectivity index (χ0n) is 11.2. The van der Waals surface area contributed by atoms with Crippen molar-refractivity contribution in [1.82, 2.24) is 5.32 Å². The highest BCUT2D eigenvalue weighted by atomic mass is 79.9. The summed E-state index contributed by atoms with van der Waals surface area (Å²) in [4.78, 5) is 13.3. The van der Waals surface area contributed by atoms with Crippen LogP contribution >= 0.6 is 15.9 Å². The molecule has 2 N–H and O–H groups in total. The van der Waals surface area contributed by atoms with Crippen molar-refractivity contribution >= 4 is 27.5 Å². The monoisotopic (exact) mass is 326 g/mol. The molecule has 0 spiro atoms. The van der Waals surface area contributed by atoms with Gasteiger partial charge in [0.05, 0.1) is 6.10 Å². The van der Waals surface area contributed by atoms with Crippen LogP contribution in [0.2, 0.25) is 0 Å². The lowest BCUT2D eigenvalue weighted by Gasteiger charge is -2.20. The van der Waals surface area contributed by atoms with E-state index in [2.05, 4.69) is 26.1 Å². The Morgan fingerprint density at radius 1 is 1.58 bits per heavy atom. The number of benzene rings is 1. The second-order valence-corrected chi connectivity index (χ2v) is 5.87. The van der Waals surface area contributed by atoms with Gasteiger partial charge in [-0.25, -0.2) is 0 Å². The van der Waals surface area contributed by atoms with Crippen molar-refractivity contribution < 1.29 is 9.90 Å². The molecule has 1 aromatic rings. The van der Waals surface area contributed by atoms with Crippen molar-refractivity contribution in [1.29, 1.82) is 0 Å². The quantitative estimate of drug-likeness (QED) is 0.895. The highest BCUT2D eigenvalue weighted by Gasteiger charge is 2.23. The third kappa shape index (κ3) is 3.48. The fourth-order valence-corrected chi connectivity index (χ4v) is 3.15. The van der Waals surface area contributed by atoms with Crippen molar-refractivity contribution in [2.45, 2.75) is 32.4 Å². The molecule has 1 aromatic carbocycles. The van der Waals surface area contributed by atoms with Gasteiger partial charge in [0.2, 0.25) is 5.91 Å². The van der Waals surface area contributed by atoms with Crippen LogP contribution in [0.25, 0.3) is 0 Å². The molecule has 0 bridgehead atoms. The van der Waals surface area contributed by atoms with Crippen LogP contribution < -0.4 is 10.2 Å². The SMILES string of the molecule is CC(=O)NC1CCN(c2ccc(C(C)O)c(Br)c2)C1. The van der Waals surface area contributed by atoms with E-state index in [-0.39, 0.29) is 11.9 Å². The second-order valence-electron chi connectivity index (χ2n) is 5.01. The summed E-state index contributed by atoms with van der Waals surface area (Å²) in [5.74, 6) is 0.0254. The summed E-state index contributed by atoms with van der Waals surface area (Å²) < 4.78 is 0.919. The standard InChI is InChI=1S/C14H19BrN2O2/c1-9(18)13-4-3-12(7-14(13)15)17-6-5-11(8-17)16-10(2)19/h3-4,7,9,11,18H,5-6,8H2,1-2H3,(H,16,19). The van der Waals surface area contributed by atoms with Crippen LogP contribution in [0.1, 0.15) is 31.9 Å². The van der Waals surface area contributed by atoms with E-state index in [1.54, 1.807) is 13.8 Å². The van der Waals surface area contributed by atoms with Gasteiger partial charge in [-0.2, -0.15) is 0 Å². The van der Waals surface area contributed by atoms with Crippen LogP contribution in [0.3, 0.4) is 0 Å². The number of nitrogens with one attached hydrogen (secondary N) is 1.